The van der Waals surface area contributed by atoms with Gasteiger partial charge >= 0.3 is 0 Å². The van der Waals surface area contributed by atoms with Crippen LogP contribution < -0.4 is 9.62 Å². The number of benzene rings is 2. The van der Waals surface area contributed by atoms with E-state index in [1.165, 1.54) is 36.4 Å². The molecule has 2 aliphatic rings. The summed E-state index contributed by atoms with van der Waals surface area (Å²) in [6.07, 6.45) is 6.98. The van der Waals surface area contributed by atoms with E-state index in [4.69, 9.17) is 0 Å². The highest BCUT2D eigenvalue weighted by Gasteiger charge is 2.28. The zero-order valence-corrected chi connectivity index (χ0v) is 18.9. The number of nitrogens with zero attached hydrogens (tertiary/aromatic N) is 2. The maximum Gasteiger partial charge on any atom is 0.255 e. The second-order valence-corrected chi connectivity index (χ2v) is 10.6. The van der Waals surface area contributed by atoms with E-state index in [2.05, 4.69) is 23.3 Å². The first-order valence-electron chi connectivity index (χ1n) is 11.1. The van der Waals surface area contributed by atoms with Crippen LogP contribution in [0.3, 0.4) is 0 Å². The van der Waals surface area contributed by atoms with Gasteiger partial charge in [0.15, 0.2) is 0 Å². The van der Waals surface area contributed by atoms with Gasteiger partial charge in [-0.15, -0.1) is 0 Å². The van der Waals surface area contributed by atoms with Gasteiger partial charge in [0.05, 0.1) is 11.4 Å². The number of carbonyl (C=O) groups excluding carboxylic acids is 1. The molecule has 0 spiro atoms. The van der Waals surface area contributed by atoms with Crippen molar-refractivity contribution in [3.8, 4) is 0 Å². The predicted octanol–water partition coefficient (Wildman–Crippen LogP) is 4.24. The molecular formula is C24H31N3O3S. The van der Waals surface area contributed by atoms with E-state index in [0.717, 1.165) is 17.8 Å². The van der Waals surface area contributed by atoms with Crippen molar-refractivity contribution in [1.29, 1.82) is 0 Å². The Morgan fingerprint density at radius 3 is 2.58 bits per heavy atom. The summed E-state index contributed by atoms with van der Waals surface area (Å²) >= 11 is 0. The van der Waals surface area contributed by atoms with Crippen LogP contribution >= 0.6 is 0 Å². The van der Waals surface area contributed by atoms with Gasteiger partial charge in [0.25, 0.3) is 5.91 Å². The lowest BCUT2D eigenvalue weighted by atomic mass is 9.94. The van der Waals surface area contributed by atoms with Gasteiger partial charge in [-0.2, -0.15) is 0 Å². The van der Waals surface area contributed by atoms with Crippen molar-refractivity contribution in [2.75, 3.05) is 29.0 Å². The number of hydrogen-bond acceptors (Lipinski definition) is 4. The van der Waals surface area contributed by atoms with Crippen molar-refractivity contribution < 1.29 is 13.2 Å². The monoisotopic (exact) mass is 441 g/mol. The van der Waals surface area contributed by atoms with Crippen LogP contribution in [0.25, 0.3) is 0 Å². The van der Waals surface area contributed by atoms with Gasteiger partial charge in [-0.3, -0.25) is 14.0 Å². The summed E-state index contributed by atoms with van der Waals surface area (Å²) in [5.41, 5.74) is 2.89. The molecule has 7 heteroatoms. The van der Waals surface area contributed by atoms with Crippen LogP contribution in [0.15, 0.2) is 48.5 Å². The van der Waals surface area contributed by atoms with Gasteiger partial charge in [0.1, 0.15) is 0 Å². The molecule has 0 unspecified atom stereocenters. The van der Waals surface area contributed by atoms with Gasteiger partial charge in [0, 0.05) is 30.4 Å². The van der Waals surface area contributed by atoms with E-state index in [1.54, 1.807) is 24.3 Å². The maximum absolute atomic E-state index is 13.0. The first-order valence-corrected chi connectivity index (χ1v) is 12.7. The molecule has 2 fully saturated rings. The SMILES string of the molecule is CN(Cc1ccccc1NC(=O)c1cccc(N2CCCS2(=O)=O)c1)C1CCCCC1. The number of anilines is 2. The number of nitrogens with one attached hydrogen (secondary N) is 1. The Kier molecular flexibility index (Phi) is 6.62. The van der Waals surface area contributed by atoms with Crippen LogP contribution in [0.1, 0.15) is 54.4 Å². The lowest BCUT2D eigenvalue weighted by Crippen LogP contribution is -2.33. The van der Waals surface area contributed by atoms with E-state index in [0.29, 0.717) is 30.3 Å². The third-order valence-electron chi connectivity index (χ3n) is 6.38. The highest BCUT2D eigenvalue weighted by molar-refractivity contribution is 7.93. The fourth-order valence-electron chi connectivity index (χ4n) is 4.63. The largest absolute Gasteiger partial charge is 0.322 e. The molecule has 0 atom stereocenters. The molecule has 4 rings (SSSR count). The minimum atomic E-state index is -3.28. The Hall–Kier alpha value is -2.38. The fourth-order valence-corrected chi connectivity index (χ4v) is 6.18. The third kappa shape index (κ3) is 5.10. The maximum atomic E-state index is 13.0. The highest BCUT2D eigenvalue weighted by atomic mass is 32.2. The smallest absolute Gasteiger partial charge is 0.255 e. The third-order valence-corrected chi connectivity index (χ3v) is 8.25. The number of carbonyl (C=O) groups is 1. The van der Waals surface area contributed by atoms with Gasteiger partial charge < -0.3 is 5.32 Å². The van der Waals surface area contributed by atoms with E-state index >= 15 is 0 Å². The van der Waals surface area contributed by atoms with Crippen LogP contribution in [0, 0.1) is 0 Å². The average molecular weight is 442 g/mol. The summed E-state index contributed by atoms with van der Waals surface area (Å²) in [7, 11) is -1.12. The van der Waals surface area contributed by atoms with E-state index in [-0.39, 0.29) is 11.7 Å². The summed E-state index contributed by atoms with van der Waals surface area (Å²) in [6.45, 7) is 1.25. The molecule has 1 heterocycles. The zero-order chi connectivity index (χ0) is 21.8. The van der Waals surface area contributed by atoms with Crippen LogP contribution in [-0.4, -0.2) is 44.6 Å². The van der Waals surface area contributed by atoms with E-state index in [1.807, 2.05) is 18.2 Å². The summed E-state index contributed by atoms with van der Waals surface area (Å²) in [6, 6.07) is 15.4. The molecule has 1 N–H and O–H groups in total. The molecule has 1 aliphatic heterocycles. The fraction of sp³-hybridized carbons (Fsp3) is 0.458. The Bertz CT molecular complexity index is 1030. The number of para-hydroxylation sites is 1. The number of sulfonamides is 1. The number of rotatable bonds is 6. The van der Waals surface area contributed by atoms with Gasteiger partial charge in [-0.1, -0.05) is 43.5 Å². The topological polar surface area (TPSA) is 69.7 Å². The summed E-state index contributed by atoms with van der Waals surface area (Å²) in [5, 5.41) is 3.04. The van der Waals surface area contributed by atoms with Gasteiger partial charge in [-0.05, 0) is 56.1 Å². The van der Waals surface area contributed by atoms with Crippen LogP contribution in [0.5, 0.6) is 0 Å². The molecule has 2 aromatic rings. The molecule has 1 saturated heterocycles. The van der Waals surface area contributed by atoms with Crippen molar-refractivity contribution in [2.45, 2.75) is 51.1 Å². The number of amides is 1. The molecule has 31 heavy (non-hydrogen) atoms. The van der Waals surface area contributed by atoms with Crippen molar-refractivity contribution in [3.63, 3.8) is 0 Å². The zero-order valence-electron chi connectivity index (χ0n) is 18.1. The Labute approximate surface area is 185 Å². The lowest BCUT2D eigenvalue weighted by Gasteiger charge is -2.31. The first-order chi connectivity index (χ1) is 14.9. The lowest BCUT2D eigenvalue weighted by molar-refractivity contribution is 0.102. The minimum absolute atomic E-state index is 0.158. The molecular weight excluding hydrogens is 410 g/mol. The Morgan fingerprint density at radius 2 is 1.84 bits per heavy atom. The van der Waals surface area contributed by atoms with Crippen LogP contribution in [-0.2, 0) is 16.6 Å². The highest BCUT2D eigenvalue weighted by Crippen LogP contribution is 2.27. The van der Waals surface area contributed by atoms with E-state index < -0.39 is 10.0 Å². The van der Waals surface area contributed by atoms with Crippen molar-refractivity contribution in [3.05, 3.63) is 59.7 Å². The molecule has 2 aromatic carbocycles. The van der Waals surface area contributed by atoms with Crippen molar-refractivity contribution in [2.24, 2.45) is 0 Å². The molecule has 0 radical (unpaired) electrons. The van der Waals surface area contributed by atoms with Gasteiger partial charge in [0.2, 0.25) is 10.0 Å². The second-order valence-electron chi connectivity index (χ2n) is 8.61. The summed E-state index contributed by atoms with van der Waals surface area (Å²) in [5.74, 6) is -0.0723. The molecule has 1 aliphatic carbocycles. The Morgan fingerprint density at radius 1 is 1.06 bits per heavy atom. The summed E-state index contributed by atoms with van der Waals surface area (Å²) < 4.78 is 25.9. The molecule has 0 aromatic heterocycles. The van der Waals surface area contributed by atoms with Gasteiger partial charge in [-0.25, -0.2) is 8.42 Å². The first kappa shape index (κ1) is 21.8. The average Bonchev–Trinajstić information content (AvgIpc) is 3.14. The molecule has 0 bridgehead atoms. The Balaban J connectivity index is 1.48. The predicted molar refractivity (Wildman–Crippen MR) is 125 cm³/mol. The van der Waals surface area contributed by atoms with E-state index in [9.17, 15) is 13.2 Å². The van der Waals surface area contributed by atoms with Crippen LogP contribution in [0.4, 0.5) is 11.4 Å². The standard InChI is InChI=1S/C24H31N3O3S/c1-26(21-11-3-2-4-12-21)18-20-9-5-6-14-23(20)25-24(28)19-10-7-13-22(17-19)27-15-8-16-31(27,29)30/h5-7,9-10,13-14,17,21H,2-4,8,11-12,15-16,18H2,1H3,(H,25,28). The summed E-state index contributed by atoms with van der Waals surface area (Å²) in [4.78, 5) is 15.4. The molecule has 1 saturated carbocycles. The number of hydrogen-bond donors (Lipinski definition) is 1. The van der Waals surface area contributed by atoms with Crippen molar-refractivity contribution >= 4 is 27.3 Å². The normalized spacial score (nSPS) is 19.0. The van der Waals surface area contributed by atoms with Crippen molar-refractivity contribution in [1.82, 2.24) is 4.90 Å². The molecule has 6 nitrogen and oxygen atoms in total. The molecule has 1 amide bonds. The molecule has 166 valence electrons. The minimum Gasteiger partial charge on any atom is -0.322 e. The quantitative estimate of drug-likeness (QED) is 0.728. The van der Waals surface area contributed by atoms with Crippen LogP contribution in [0.2, 0.25) is 0 Å². The second kappa shape index (κ2) is 9.40.